The van der Waals surface area contributed by atoms with Crippen molar-refractivity contribution in [2.45, 2.75) is 38.1 Å². The summed E-state index contributed by atoms with van der Waals surface area (Å²) in [5.41, 5.74) is 10.2. The molecule has 236 valence electrons. The van der Waals surface area contributed by atoms with Crippen LogP contribution in [0.1, 0.15) is 55.0 Å². The van der Waals surface area contributed by atoms with E-state index in [1.807, 2.05) is 11.3 Å². The molecule has 3 heterocycles. The van der Waals surface area contributed by atoms with E-state index in [0.717, 1.165) is 30.1 Å². The molecule has 1 atom stereocenters. The number of aromatic nitrogens is 1. The van der Waals surface area contributed by atoms with Crippen LogP contribution in [0.5, 0.6) is 0 Å². The largest absolute Gasteiger partial charge is 0.363 e. The Morgan fingerprint density at radius 2 is 1.45 bits per heavy atom. The molecule has 2 aliphatic rings. The first-order valence-electron chi connectivity index (χ1n) is 17.3. The van der Waals surface area contributed by atoms with E-state index in [1.165, 1.54) is 69.8 Å². The summed E-state index contributed by atoms with van der Waals surface area (Å²) in [6.07, 6.45) is 4.21. The summed E-state index contributed by atoms with van der Waals surface area (Å²) in [5.74, 6) is 1.85. The minimum Gasteiger partial charge on any atom is -0.363 e. The molecule has 1 N–H and O–H groups in total. The first-order chi connectivity index (χ1) is 24.1. The minimum atomic E-state index is -0.0563. The van der Waals surface area contributed by atoms with Gasteiger partial charge in [-0.25, -0.2) is 4.99 Å². The topological polar surface area (TPSA) is 29.3 Å². The summed E-state index contributed by atoms with van der Waals surface area (Å²) in [4.78, 5) is 5.52. The average molecular weight is 650 g/mol. The van der Waals surface area contributed by atoms with Crippen LogP contribution in [-0.4, -0.2) is 10.4 Å². The highest BCUT2D eigenvalue weighted by Gasteiger charge is 2.37. The fourth-order valence-corrected chi connectivity index (χ4v) is 9.56. The van der Waals surface area contributed by atoms with Gasteiger partial charge in [0.05, 0.1) is 17.1 Å². The third-order valence-corrected chi connectivity index (χ3v) is 11.9. The number of para-hydroxylation sites is 1. The molecule has 1 aliphatic carbocycles. The lowest BCUT2D eigenvalue weighted by Crippen LogP contribution is -2.30. The van der Waals surface area contributed by atoms with Gasteiger partial charge in [-0.05, 0) is 71.0 Å². The quantitative estimate of drug-likeness (QED) is 0.203. The van der Waals surface area contributed by atoms with Gasteiger partial charge in [0.25, 0.3) is 0 Å². The number of allylic oxidation sites excluding steroid dienone is 1. The van der Waals surface area contributed by atoms with Crippen LogP contribution >= 0.6 is 11.3 Å². The van der Waals surface area contributed by atoms with Crippen molar-refractivity contribution in [2.75, 3.05) is 0 Å². The molecule has 0 bridgehead atoms. The van der Waals surface area contributed by atoms with Gasteiger partial charge in [0.2, 0.25) is 0 Å². The zero-order valence-electron chi connectivity index (χ0n) is 27.6. The van der Waals surface area contributed by atoms with Crippen LogP contribution in [0.3, 0.4) is 0 Å². The number of hydrogen-bond donors (Lipinski definition) is 1. The van der Waals surface area contributed by atoms with E-state index < -0.39 is 0 Å². The third kappa shape index (κ3) is 4.30. The highest BCUT2D eigenvalue weighted by molar-refractivity contribution is 7.25. The molecule has 1 aliphatic heterocycles. The van der Waals surface area contributed by atoms with Gasteiger partial charge in [-0.3, -0.25) is 4.57 Å². The Morgan fingerprint density at radius 1 is 0.694 bits per heavy atom. The number of hydrogen-bond acceptors (Lipinski definition) is 3. The fourth-order valence-electron chi connectivity index (χ4n) is 8.40. The molecule has 10 rings (SSSR count). The number of benzene rings is 6. The second-order valence-electron chi connectivity index (χ2n) is 13.9. The number of nitrogens with one attached hydrogen (secondary N) is 1. The molecular weight excluding hydrogens is 615 g/mol. The van der Waals surface area contributed by atoms with E-state index in [9.17, 15) is 0 Å². The maximum atomic E-state index is 5.52. The molecule has 3 nitrogen and oxygen atoms in total. The van der Waals surface area contributed by atoms with Gasteiger partial charge in [0, 0.05) is 41.9 Å². The Bertz CT molecular complexity index is 2670. The Balaban J connectivity index is 1.14. The van der Waals surface area contributed by atoms with Crippen molar-refractivity contribution in [1.29, 1.82) is 0 Å². The van der Waals surface area contributed by atoms with Crippen LogP contribution in [0, 0.1) is 0 Å². The highest BCUT2D eigenvalue weighted by atomic mass is 32.1. The van der Waals surface area contributed by atoms with Gasteiger partial charge < -0.3 is 5.32 Å². The number of nitrogens with zero attached hydrogens (tertiary/aromatic N) is 2. The Hall–Kier alpha value is -5.45. The summed E-state index contributed by atoms with van der Waals surface area (Å²) in [7, 11) is 0. The van der Waals surface area contributed by atoms with Crippen LogP contribution in [-0.2, 0) is 5.41 Å². The zero-order valence-corrected chi connectivity index (χ0v) is 28.4. The molecule has 0 spiro atoms. The molecule has 0 amide bonds. The maximum Gasteiger partial charge on any atom is 0.136 e. The lowest BCUT2D eigenvalue weighted by molar-refractivity contribution is 0.595. The molecule has 6 aromatic carbocycles. The molecule has 0 fully saturated rings. The van der Waals surface area contributed by atoms with Gasteiger partial charge in [-0.1, -0.05) is 123 Å². The number of fused-ring (bicyclic) bond motifs is 10. The molecular formula is C45H35N3S. The average Bonchev–Trinajstić information content (AvgIpc) is 3.74. The van der Waals surface area contributed by atoms with Crippen molar-refractivity contribution in [3.8, 4) is 11.1 Å². The molecule has 0 saturated heterocycles. The Kier molecular flexibility index (Phi) is 6.28. The lowest BCUT2D eigenvalue weighted by Gasteiger charge is -2.24. The predicted octanol–water partition coefficient (Wildman–Crippen LogP) is 11.8. The van der Waals surface area contributed by atoms with Crippen LogP contribution in [0.25, 0.3) is 58.9 Å². The summed E-state index contributed by atoms with van der Waals surface area (Å²) in [6.45, 7) is 4.72. The van der Waals surface area contributed by atoms with Crippen LogP contribution < -0.4 is 5.32 Å². The second kappa shape index (κ2) is 10.8. The minimum absolute atomic E-state index is 0.0563. The number of amidine groups is 1. The normalized spacial score (nSPS) is 19.1. The van der Waals surface area contributed by atoms with Gasteiger partial charge in [0.15, 0.2) is 0 Å². The first-order valence-corrected chi connectivity index (χ1v) is 18.1. The third-order valence-electron chi connectivity index (χ3n) is 10.8. The highest BCUT2D eigenvalue weighted by Crippen LogP contribution is 2.53. The summed E-state index contributed by atoms with van der Waals surface area (Å²) in [6, 6.07) is 48.9. The maximum absolute atomic E-state index is 5.52. The van der Waals surface area contributed by atoms with Crippen LogP contribution in [0.15, 0.2) is 145 Å². The van der Waals surface area contributed by atoms with Crippen molar-refractivity contribution in [3.63, 3.8) is 0 Å². The van der Waals surface area contributed by atoms with E-state index in [4.69, 9.17) is 4.99 Å². The van der Waals surface area contributed by atoms with Crippen molar-refractivity contribution >= 4 is 65.0 Å². The van der Waals surface area contributed by atoms with Crippen molar-refractivity contribution in [2.24, 2.45) is 4.99 Å². The number of aliphatic imine (C=N–C) groups is 1. The van der Waals surface area contributed by atoms with E-state index in [2.05, 4.69) is 163 Å². The number of thiophene rings is 1. The summed E-state index contributed by atoms with van der Waals surface area (Å²) in [5, 5.41) is 9.19. The van der Waals surface area contributed by atoms with Gasteiger partial charge in [-0.15, -0.1) is 11.3 Å². The van der Waals surface area contributed by atoms with Crippen molar-refractivity contribution in [3.05, 3.63) is 162 Å². The first kappa shape index (κ1) is 28.6. The van der Waals surface area contributed by atoms with E-state index in [0.29, 0.717) is 0 Å². The SMILES string of the molecule is CC1(C)c2ccccc2-c2c1ccc1c2c2ccccc2n1C1=C/CCC(c2ccc3c(c2)sc2ccccc23)N/C(c2ccccc2)=N\1. The molecule has 0 saturated carbocycles. The standard InChI is InChI=1S/C45H35N3S/c1-45(2)34-18-9-6-16-32(34)42-35(45)25-26-38-43(42)33-17-7-10-20-37(33)48(38)41-22-12-19-36(46-44(47-41)28-13-4-3-5-14-28)29-23-24-31-30-15-8-11-21-39(30)49-40(31)27-29/h3-11,13-18,20-27,36H,12,19H2,1-2H3,(H,46,47)/b41-22+. The van der Waals surface area contributed by atoms with E-state index in [-0.39, 0.29) is 11.5 Å². The van der Waals surface area contributed by atoms with Crippen molar-refractivity contribution in [1.82, 2.24) is 9.88 Å². The van der Waals surface area contributed by atoms with E-state index >= 15 is 0 Å². The summed E-state index contributed by atoms with van der Waals surface area (Å²) >= 11 is 1.88. The molecule has 49 heavy (non-hydrogen) atoms. The van der Waals surface area contributed by atoms with Crippen LogP contribution in [0.2, 0.25) is 0 Å². The lowest BCUT2D eigenvalue weighted by atomic mass is 9.82. The molecule has 8 aromatic rings. The summed E-state index contributed by atoms with van der Waals surface area (Å²) < 4.78 is 5.07. The van der Waals surface area contributed by atoms with Gasteiger partial charge in [-0.2, -0.15) is 0 Å². The molecule has 4 heteroatoms. The monoisotopic (exact) mass is 649 g/mol. The Labute approximate surface area is 289 Å². The fraction of sp³-hybridized carbons (Fsp3) is 0.133. The zero-order chi connectivity index (χ0) is 32.7. The van der Waals surface area contributed by atoms with Gasteiger partial charge in [0.1, 0.15) is 11.7 Å². The predicted molar refractivity (Wildman–Crippen MR) is 209 cm³/mol. The van der Waals surface area contributed by atoms with E-state index in [1.54, 1.807) is 0 Å². The molecule has 2 aromatic heterocycles. The van der Waals surface area contributed by atoms with Crippen molar-refractivity contribution < 1.29 is 0 Å². The Morgan fingerprint density at radius 3 is 2.35 bits per heavy atom. The second-order valence-corrected chi connectivity index (χ2v) is 15.0. The number of rotatable bonds is 3. The van der Waals surface area contributed by atoms with Crippen LogP contribution in [0.4, 0.5) is 0 Å². The molecule has 1 unspecified atom stereocenters. The molecule has 0 radical (unpaired) electrons. The smallest absolute Gasteiger partial charge is 0.136 e. The van der Waals surface area contributed by atoms with Gasteiger partial charge >= 0.3 is 0 Å².